The molecule has 0 aromatic rings. The zero-order valence-electron chi connectivity index (χ0n) is 7.06. The maximum atomic E-state index is 5.83. The van der Waals surface area contributed by atoms with Crippen molar-refractivity contribution in [1.29, 1.82) is 0 Å². The lowest BCUT2D eigenvalue weighted by Gasteiger charge is -2.26. The highest BCUT2D eigenvalue weighted by atomic mass is 35.5. The van der Waals surface area contributed by atoms with E-state index in [1.807, 2.05) is 6.08 Å². The molecule has 0 spiro atoms. The Morgan fingerprint density at radius 2 is 2.00 bits per heavy atom. The molecular formula is C10H17Cl. The Balaban J connectivity index is 2.35. The Bertz CT molecular complexity index is 114. The lowest BCUT2D eigenvalue weighted by Crippen LogP contribution is -2.17. The molecule has 0 amide bonds. The fraction of sp³-hybridized carbons (Fsp3) is 0.800. The molecule has 1 aliphatic rings. The third-order valence-corrected chi connectivity index (χ3v) is 3.09. The largest absolute Gasteiger partial charge is 0.126 e. The number of alkyl halides is 1. The van der Waals surface area contributed by atoms with Gasteiger partial charge in [-0.1, -0.05) is 25.3 Å². The van der Waals surface area contributed by atoms with E-state index in [2.05, 4.69) is 6.58 Å². The standard InChI is InChI=1S/C10H17Cl/c1-2-9(8-11)10-6-4-3-5-7-10/h2,9-10H,1,3-8H2. The first-order chi connectivity index (χ1) is 5.38. The summed E-state index contributed by atoms with van der Waals surface area (Å²) in [6.45, 7) is 3.82. The molecule has 0 nitrogen and oxygen atoms in total. The Morgan fingerprint density at radius 1 is 1.36 bits per heavy atom. The Labute approximate surface area is 74.6 Å². The van der Waals surface area contributed by atoms with E-state index >= 15 is 0 Å². The molecule has 0 aromatic carbocycles. The van der Waals surface area contributed by atoms with Gasteiger partial charge in [0.05, 0.1) is 0 Å². The molecular weight excluding hydrogens is 156 g/mol. The van der Waals surface area contributed by atoms with Gasteiger partial charge in [0.1, 0.15) is 0 Å². The normalized spacial score (nSPS) is 23.0. The lowest BCUT2D eigenvalue weighted by atomic mass is 9.81. The molecule has 0 bridgehead atoms. The van der Waals surface area contributed by atoms with Crippen LogP contribution in [0.4, 0.5) is 0 Å². The highest BCUT2D eigenvalue weighted by Gasteiger charge is 2.19. The fourth-order valence-corrected chi connectivity index (χ4v) is 2.32. The molecule has 1 atom stereocenters. The zero-order chi connectivity index (χ0) is 8.10. The van der Waals surface area contributed by atoms with Gasteiger partial charge in [-0.3, -0.25) is 0 Å². The van der Waals surface area contributed by atoms with Crippen LogP contribution >= 0.6 is 11.6 Å². The minimum Gasteiger partial charge on any atom is -0.126 e. The number of hydrogen-bond donors (Lipinski definition) is 0. The van der Waals surface area contributed by atoms with E-state index in [9.17, 15) is 0 Å². The number of allylic oxidation sites excluding steroid dienone is 1. The molecule has 0 aromatic heterocycles. The quantitative estimate of drug-likeness (QED) is 0.451. The molecule has 11 heavy (non-hydrogen) atoms. The SMILES string of the molecule is C=CC(CCl)C1CCCCC1. The van der Waals surface area contributed by atoms with Gasteiger partial charge in [-0.25, -0.2) is 0 Å². The summed E-state index contributed by atoms with van der Waals surface area (Å²) < 4.78 is 0. The van der Waals surface area contributed by atoms with Crippen LogP contribution in [0.1, 0.15) is 32.1 Å². The molecule has 1 fully saturated rings. The van der Waals surface area contributed by atoms with E-state index in [1.165, 1.54) is 32.1 Å². The van der Waals surface area contributed by atoms with Crippen LogP contribution in [-0.4, -0.2) is 5.88 Å². The first-order valence-corrected chi connectivity index (χ1v) is 5.10. The highest BCUT2D eigenvalue weighted by Crippen LogP contribution is 2.30. The van der Waals surface area contributed by atoms with E-state index in [0.717, 1.165) is 11.8 Å². The van der Waals surface area contributed by atoms with Gasteiger partial charge >= 0.3 is 0 Å². The molecule has 1 rings (SSSR count). The van der Waals surface area contributed by atoms with Crippen molar-refractivity contribution >= 4 is 11.6 Å². The third kappa shape index (κ3) is 2.52. The molecule has 0 radical (unpaired) electrons. The van der Waals surface area contributed by atoms with Gasteiger partial charge in [-0.15, -0.1) is 18.2 Å². The molecule has 1 unspecified atom stereocenters. The van der Waals surface area contributed by atoms with Crippen LogP contribution in [0.2, 0.25) is 0 Å². The number of halogens is 1. The van der Waals surface area contributed by atoms with E-state index in [0.29, 0.717) is 5.92 Å². The third-order valence-electron chi connectivity index (χ3n) is 2.74. The first-order valence-electron chi connectivity index (χ1n) is 4.57. The van der Waals surface area contributed by atoms with E-state index < -0.39 is 0 Å². The summed E-state index contributed by atoms with van der Waals surface area (Å²) in [6.07, 6.45) is 8.97. The molecule has 64 valence electrons. The maximum absolute atomic E-state index is 5.83. The number of rotatable bonds is 3. The van der Waals surface area contributed by atoms with Crippen molar-refractivity contribution in [3.05, 3.63) is 12.7 Å². The predicted octanol–water partition coefficient (Wildman–Crippen LogP) is 3.61. The molecule has 0 N–H and O–H groups in total. The Kier molecular flexibility index (Phi) is 3.99. The van der Waals surface area contributed by atoms with Crippen molar-refractivity contribution < 1.29 is 0 Å². The van der Waals surface area contributed by atoms with E-state index in [4.69, 9.17) is 11.6 Å². The van der Waals surface area contributed by atoms with Crippen LogP contribution in [0, 0.1) is 11.8 Å². The highest BCUT2D eigenvalue weighted by molar-refractivity contribution is 6.18. The van der Waals surface area contributed by atoms with Gasteiger partial charge in [0.15, 0.2) is 0 Å². The maximum Gasteiger partial charge on any atom is 0.0288 e. The monoisotopic (exact) mass is 172 g/mol. The molecule has 1 heteroatoms. The topological polar surface area (TPSA) is 0 Å². The molecule has 1 aliphatic carbocycles. The van der Waals surface area contributed by atoms with Crippen LogP contribution in [0.25, 0.3) is 0 Å². The van der Waals surface area contributed by atoms with Crippen LogP contribution in [0.15, 0.2) is 12.7 Å². The van der Waals surface area contributed by atoms with E-state index in [1.54, 1.807) is 0 Å². The van der Waals surface area contributed by atoms with Crippen molar-refractivity contribution in [2.75, 3.05) is 5.88 Å². The molecule has 0 heterocycles. The van der Waals surface area contributed by atoms with Crippen molar-refractivity contribution in [3.63, 3.8) is 0 Å². The average Bonchev–Trinajstić information content (AvgIpc) is 2.09. The smallest absolute Gasteiger partial charge is 0.0288 e. The van der Waals surface area contributed by atoms with Crippen LogP contribution < -0.4 is 0 Å². The van der Waals surface area contributed by atoms with Crippen molar-refractivity contribution in [1.82, 2.24) is 0 Å². The first kappa shape index (κ1) is 9.12. The molecule has 0 aliphatic heterocycles. The van der Waals surface area contributed by atoms with Gasteiger partial charge in [-0.05, 0) is 24.7 Å². The van der Waals surface area contributed by atoms with Crippen molar-refractivity contribution in [2.24, 2.45) is 11.8 Å². The second-order valence-electron chi connectivity index (χ2n) is 3.45. The van der Waals surface area contributed by atoms with Gasteiger partial charge in [0.25, 0.3) is 0 Å². The van der Waals surface area contributed by atoms with E-state index in [-0.39, 0.29) is 0 Å². The summed E-state index contributed by atoms with van der Waals surface area (Å²) in [5, 5.41) is 0. The molecule has 1 saturated carbocycles. The number of hydrogen-bond acceptors (Lipinski definition) is 0. The predicted molar refractivity (Wildman–Crippen MR) is 51.0 cm³/mol. The summed E-state index contributed by atoms with van der Waals surface area (Å²) >= 11 is 5.83. The summed E-state index contributed by atoms with van der Waals surface area (Å²) in [5.74, 6) is 2.16. The van der Waals surface area contributed by atoms with Crippen LogP contribution in [0.5, 0.6) is 0 Å². The summed E-state index contributed by atoms with van der Waals surface area (Å²) in [6, 6.07) is 0. The minimum absolute atomic E-state index is 0.567. The summed E-state index contributed by atoms with van der Waals surface area (Å²) in [7, 11) is 0. The van der Waals surface area contributed by atoms with Gasteiger partial charge < -0.3 is 0 Å². The zero-order valence-corrected chi connectivity index (χ0v) is 7.82. The van der Waals surface area contributed by atoms with Crippen molar-refractivity contribution in [3.8, 4) is 0 Å². The second-order valence-corrected chi connectivity index (χ2v) is 3.76. The summed E-state index contributed by atoms with van der Waals surface area (Å²) in [4.78, 5) is 0. The van der Waals surface area contributed by atoms with Gasteiger partial charge in [0, 0.05) is 5.88 Å². The molecule has 0 saturated heterocycles. The lowest BCUT2D eigenvalue weighted by molar-refractivity contribution is 0.302. The Hall–Kier alpha value is 0.0300. The Morgan fingerprint density at radius 3 is 2.45 bits per heavy atom. The second kappa shape index (κ2) is 4.82. The van der Waals surface area contributed by atoms with Crippen LogP contribution in [0.3, 0.4) is 0 Å². The minimum atomic E-state index is 0.567. The summed E-state index contributed by atoms with van der Waals surface area (Å²) in [5.41, 5.74) is 0. The van der Waals surface area contributed by atoms with Crippen molar-refractivity contribution in [2.45, 2.75) is 32.1 Å². The average molecular weight is 173 g/mol. The fourth-order valence-electron chi connectivity index (χ4n) is 1.94. The van der Waals surface area contributed by atoms with Gasteiger partial charge in [0.2, 0.25) is 0 Å². The van der Waals surface area contributed by atoms with Crippen LogP contribution in [-0.2, 0) is 0 Å². The van der Waals surface area contributed by atoms with Gasteiger partial charge in [-0.2, -0.15) is 0 Å².